The first-order chi connectivity index (χ1) is 33.5. The normalized spacial score (nSPS) is 12.7. The van der Waals surface area contributed by atoms with Crippen LogP contribution in [-0.2, 0) is 28.6 Å². The third-order valence-corrected chi connectivity index (χ3v) is 12.1. The third-order valence-electron chi connectivity index (χ3n) is 12.1. The first kappa shape index (κ1) is 64.6. The van der Waals surface area contributed by atoms with Crippen molar-refractivity contribution in [3.8, 4) is 0 Å². The summed E-state index contributed by atoms with van der Waals surface area (Å²) in [6, 6.07) is 0. The minimum atomic E-state index is -0.778. The Morgan fingerprint density at radius 2 is 0.574 bits per heavy atom. The Hall–Kier alpha value is -3.41. The zero-order chi connectivity index (χ0) is 49.3. The fourth-order valence-corrected chi connectivity index (χ4v) is 7.85. The van der Waals surface area contributed by atoms with E-state index >= 15 is 0 Å². The van der Waals surface area contributed by atoms with Crippen molar-refractivity contribution in [3.05, 3.63) is 85.1 Å². The molecule has 0 saturated carbocycles. The molecule has 0 bridgehead atoms. The predicted molar refractivity (Wildman–Crippen MR) is 293 cm³/mol. The number of esters is 3. The van der Waals surface area contributed by atoms with E-state index in [1.54, 1.807) is 0 Å². The lowest BCUT2D eigenvalue weighted by atomic mass is 10.1. The molecule has 0 amide bonds. The molecule has 6 nitrogen and oxygen atoms in total. The number of unbranched alkanes of at least 4 members (excludes halogenated alkanes) is 26. The minimum absolute atomic E-state index is 0.0795. The molecule has 0 rings (SSSR count). The molecular formula is C62H106O6. The van der Waals surface area contributed by atoms with Gasteiger partial charge >= 0.3 is 17.9 Å². The standard InChI is InChI=1S/C62H106O6/c1-4-7-10-13-16-18-20-22-24-26-28-29-30-31-32-33-35-36-38-40-42-44-46-49-52-55-61(64)67-58-59(57-66-60(63)54-51-48-15-12-9-6-3)68-62(65)56-53-50-47-45-43-41-39-37-34-27-25-23-21-19-17-14-11-8-5-2/h7,10,16-19,22-25,28-29,31-32,59H,4-6,8-9,11-15,20-21,26-27,30,33-58H2,1-3H3/b10-7-,18-16-,19-17-,24-22-,25-23-,29-28-,32-31-. The largest absolute Gasteiger partial charge is 0.462 e. The maximum Gasteiger partial charge on any atom is 0.306 e. The van der Waals surface area contributed by atoms with Crippen LogP contribution in [0.5, 0.6) is 0 Å². The molecule has 390 valence electrons. The van der Waals surface area contributed by atoms with Crippen LogP contribution in [0.2, 0.25) is 0 Å². The summed E-state index contributed by atoms with van der Waals surface area (Å²) >= 11 is 0. The quantitative estimate of drug-likeness (QED) is 0.0262. The first-order valence-corrected chi connectivity index (χ1v) is 28.6. The van der Waals surface area contributed by atoms with Gasteiger partial charge < -0.3 is 14.2 Å². The molecule has 0 fully saturated rings. The third kappa shape index (κ3) is 53.5. The molecule has 1 unspecified atom stereocenters. The van der Waals surface area contributed by atoms with Gasteiger partial charge in [0.15, 0.2) is 6.10 Å². The van der Waals surface area contributed by atoms with E-state index in [0.29, 0.717) is 19.3 Å². The van der Waals surface area contributed by atoms with Gasteiger partial charge in [-0.3, -0.25) is 14.4 Å². The average molecular weight is 948 g/mol. The van der Waals surface area contributed by atoms with Gasteiger partial charge in [-0.1, -0.05) is 241 Å². The van der Waals surface area contributed by atoms with Crippen LogP contribution in [0.1, 0.15) is 271 Å². The molecule has 68 heavy (non-hydrogen) atoms. The molecular weight excluding hydrogens is 841 g/mol. The van der Waals surface area contributed by atoms with Gasteiger partial charge in [0.2, 0.25) is 0 Å². The second kappa shape index (κ2) is 56.2. The lowest BCUT2D eigenvalue weighted by Gasteiger charge is -2.18. The van der Waals surface area contributed by atoms with E-state index in [4.69, 9.17) is 14.2 Å². The van der Waals surface area contributed by atoms with Crippen molar-refractivity contribution in [3.63, 3.8) is 0 Å². The molecule has 0 radical (unpaired) electrons. The van der Waals surface area contributed by atoms with Gasteiger partial charge in [0, 0.05) is 19.3 Å². The van der Waals surface area contributed by atoms with Crippen LogP contribution in [0, 0.1) is 0 Å². The molecule has 0 N–H and O–H groups in total. The molecule has 0 heterocycles. The van der Waals surface area contributed by atoms with Crippen molar-refractivity contribution in [1.29, 1.82) is 0 Å². The number of carbonyl (C=O) groups excluding carboxylic acids is 3. The number of hydrogen-bond donors (Lipinski definition) is 0. The van der Waals surface area contributed by atoms with Crippen LogP contribution >= 0.6 is 0 Å². The average Bonchev–Trinajstić information content (AvgIpc) is 3.34. The van der Waals surface area contributed by atoms with Crippen molar-refractivity contribution in [1.82, 2.24) is 0 Å². The Morgan fingerprint density at radius 1 is 0.309 bits per heavy atom. The lowest BCUT2D eigenvalue weighted by Crippen LogP contribution is -2.30. The fourth-order valence-electron chi connectivity index (χ4n) is 7.85. The van der Waals surface area contributed by atoms with E-state index < -0.39 is 6.10 Å². The van der Waals surface area contributed by atoms with E-state index in [2.05, 4.69) is 106 Å². The van der Waals surface area contributed by atoms with Crippen molar-refractivity contribution < 1.29 is 28.6 Å². The Morgan fingerprint density at radius 3 is 0.926 bits per heavy atom. The van der Waals surface area contributed by atoms with Gasteiger partial charge in [0.25, 0.3) is 0 Å². The highest BCUT2D eigenvalue weighted by atomic mass is 16.6. The van der Waals surface area contributed by atoms with Gasteiger partial charge in [-0.2, -0.15) is 0 Å². The summed E-state index contributed by atoms with van der Waals surface area (Å²) in [7, 11) is 0. The summed E-state index contributed by atoms with van der Waals surface area (Å²) in [5, 5.41) is 0. The zero-order valence-electron chi connectivity index (χ0n) is 44.6. The Kier molecular flexibility index (Phi) is 53.4. The highest BCUT2D eigenvalue weighted by Gasteiger charge is 2.19. The smallest absolute Gasteiger partial charge is 0.306 e. The van der Waals surface area contributed by atoms with E-state index in [1.807, 2.05) is 0 Å². The Bertz CT molecular complexity index is 1320. The highest BCUT2D eigenvalue weighted by molar-refractivity contribution is 5.71. The topological polar surface area (TPSA) is 78.9 Å². The van der Waals surface area contributed by atoms with Crippen LogP contribution in [-0.4, -0.2) is 37.2 Å². The lowest BCUT2D eigenvalue weighted by molar-refractivity contribution is -0.167. The van der Waals surface area contributed by atoms with Gasteiger partial charge in [-0.05, 0) is 96.3 Å². The van der Waals surface area contributed by atoms with E-state index in [0.717, 1.165) is 103 Å². The molecule has 0 aliphatic carbocycles. The Labute approximate surface area is 420 Å². The van der Waals surface area contributed by atoms with Crippen LogP contribution in [0.3, 0.4) is 0 Å². The van der Waals surface area contributed by atoms with E-state index in [9.17, 15) is 14.4 Å². The van der Waals surface area contributed by atoms with E-state index in [-0.39, 0.29) is 31.1 Å². The fraction of sp³-hybridized carbons (Fsp3) is 0.726. The molecule has 0 aromatic rings. The zero-order valence-corrected chi connectivity index (χ0v) is 44.6. The minimum Gasteiger partial charge on any atom is -0.462 e. The summed E-state index contributed by atoms with van der Waals surface area (Å²) in [5.41, 5.74) is 0. The Balaban J connectivity index is 4.16. The molecule has 0 saturated heterocycles. The van der Waals surface area contributed by atoms with Crippen LogP contribution < -0.4 is 0 Å². The van der Waals surface area contributed by atoms with Crippen LogP contribution in [0.25, 0.3) is 0 Å². The van der Waals surface area contributed by atoms with Gasteiger partial charge in [-0.25, -0.2) is 0 Å². The molecule has 0 aliphatic heterocycles. The number of hydrogen-bond acceptors (Lipinski definition) is 6. The van der Waals surface area contributed by atoms with Gasteiger partial charge in [-0.15, -0.1) is 0 Å². The molecule has 0 spiro atoms. The maximum absolute atomic E-state index is 12.8. The molecule has 0 aromatic heterocycles. The van der Waals surface area contributed by atoms with Crippen molar-refractivity contribution in [2.24, 2.45) is 0 Å². The number of ether oxygens (including phenoxy) is 3. The second-order valence-electron chi connectivity index (χ2n) is 18.8. The monoisotopic (exact) mass is 947 g/mol. The molecule has 1 atom stereocenters. The second-order valence-corrected chi connectivity index (χ2v) is 18.8. The summed E-state index contributed by atoms with van der Waals surface area (Å²) in [4.78, 5) is 37.9. The summed E-state index contributed by atoms with van der Waals surface area (Å²) in [5.74, 6) is -0.895. The summed E-state index contributed by atoms with van der Waals surface area (Å²) in [6.45, 7) is 6.44. The van der Waals surface area contributed by atoms with Crippen LogP contribution in [0.4, 0.5) is 0 Å². The van der Waals surface area contributed by atoms with E-state index in [1.165, 1.54) is 128 Å². The number of allylic oxidation sites excluding steroid dienone is 14. The van der Waals surface area contributed by atoms with Crippen molar-refractivity contribution >= 4 is 17.9 Å². The predicted octanol–water partition coefficient (Wildman–Crippen LogP) is 19.2. The molecule has 0 aromatic carbocycles. The molecule has 0 aliphatic rings. The highest BCUT2D eigenvalue weighted by Crippen LogP contribution is 2.15. The maximum atomic E-state index is 12.8. The number of rotatable bonds is 51. The SMILES string of the molecule is CC/C=C\C/C=C\C/C=C\C/C=C\C/C=C\CCCCCCCCCCCC(=O)OCC(COC(=O)CCCCCCCC)OC(=O)CCCCCCCCCCC/C=C\C/C=C\CCCCC. The number of carbonyl (C=O) groups is 3. The van der Waals surface area contributed by atoms with Gasteiger partial charge in [0.05, 0.1) is 0 Å². The van der Waals surface area contributed by atoms with Gasteiger partial charge in [0.1, 0.15) is 13.2 Å². The first-order valence-electron chi connectivity index (χ1n) is 28.6. The van der Waals surface area contributed by atoms with Crippen molar-refractivity contribution in [2.75, 3.05) is 13.2 Å². The van der Waals surface area contributed by atoms with Crippen molar-refractivity contribution in [2.45, 2.75) is 277 Å². The summed E-state index contributed by atoms with van der Waals surface area (Å²) < 4.78 is 16.8. The summed E-state index contributed by atoms with van der Waals surface area (Å²) in [6.07, 6.45) is 73.1. The van der Waals surface area contributed by atoms with Crippen LogP contribution in [0.15, 0.2) is 85.1 Å². The molecule has 6 heteroatoms.